The van der Waals surface area contributed by atoms with E-state index in [1.54, 1.807) is 6.08 Å². The predicted octanol–water partition coefficient (Wildman–Crippen LogP) is 2.33. The van der Waals surface area contributed by atoms with Crippen LogP contribution in [0.15, 0.2) is 36.5 Å². The number of allylic oxidation sites excluding steroid dienone is 4. The van der Waals surface area contributed by atoms with Crippen molar-refractivity contribution in [2.24, 2.45) is 0 Å². The molecule has 0 aromatic rings. The minimum absolute atomic E-state index is 0.0925. The van der Waals surface area contributed by atoms with Crippen LogP contribution in [-0.4, -0.2) is 23.8 Å². The van der Waals surface area contributed by atoms with Gasteiger partial charge in [-0.05, 0) is 18.9 Å². The highest BCUT2D eigenvalue weighted by Crippen LogP contribution is 2.21. The van der Waals surface area contributed by atoms with Crippen molar-refractivity contribution in [2.45, 2.75) is 24.9 Å². The third-order valence-electron chi connectivity index (χ3n) is 1.68. The van der Waals surface area contributed by atoms with Crippen LogP contribution < -0.4 is 0 Å². The summed E-state index contributed by atoms with van der Waals surface area (Å²) in [5.41, 5.74) is 0.832. The van der Waals surface area contributed by atoms with Gasteiger partial charge in [-0.15, -0.1) is 6.58 Å². The zero-order valence-corrected chi connectivity index (χ0v) is 9.58. The van der Waals surface area contributed by atoms with Gasteiger partial charge in [0.2, 0.25) is 0 Å². The lowest BCUT2D eigenvalue weighted by Gasteiger charge is -2.20. The lowest BCUT2D eigenvalue weighted by Crippen LogP contribution is -2.20. The molecule has 14 heavy (non-hydrogen) atoms. The van der Waals surface area contributed by atoms with Crippen molar-refractivity contribution in [2.75, 3.05) is 7.11 Å². The first-order valence-corrected chi connectivity index (χ1v) is 5.01. The molecule has 3 heteroatoms. The van der Waals surface area contributed by atoms with Gasteiger partial charge in [0, 0.05) is 12.4 Å². The highest BCUT2D eigenvalue weighted by molar-refractivity contribution is 7.81. The second-order valence-electron chi connectivity index (χ2n) is 2.84. The van der Waals surface area contributed by atoms with E-state index >= 15 is 0 Å². The molecule has 2 atom stereocenters. The van der Waals surface area contributed by atoms with Crippen molar-refractivity contribution in [3.8, 4) is 0 Å². The Morgan fingerprint density at radius 3 is 2.79 bits per heavy atom. The van der Waals surface area contributed by atoms with Crippen molar-refractivity contribution >= 4 is 12.6 Å². The fourth-order valence-corrected chi connectivity index (χ4v) is 1.35. The van der Waals surface area contributed by atoms with Crippen molar-refractivity contribution in [1.29, 1.82) is 0 Å². The van der Waals surface area contributed by atoms with E-state index in [1.807, 2.05) is 25.2 Å². The van der Waals surface area contributed by atoms with Gasteiger partial charge in [0.1, 0.15) is 0 Å². The van der Waals surface area contributed by atoms with Crippen LogP contribution in [0.3, 0.4) is 0 Å². The largest absolute Gasteiger partial charge is 0.364 e. The second kappa shape index (κ2) is 7.85. The Morgan fingerprint density at radius 2 is 2.36 bits per heavy atom. The summed E-state index contributed by atoms with van der Waals surface area (Å²) in [4.78, 5) is 0. The molecule has 0 fully saturated rings. The Hall–Kier alpha value is -0.510. The maximum atomic E-state index is 9.28. The van der Waals surface area contributed by atoms with E-state index in [-0.39, 0.29) is 5.25 Å². The van der Waals surface area contributed by atoms with E-state index in [0.29, 0.717) is 0 Å². The van der Waals surface area contributed by atoms with Gasteiger partial charge in [0.25, 0.3) is 0 Å². The first-order chi connectivity index (χ1) is 6.67. The van der Waals surface area contributed by atoms with Crippen LogP contribution in [0.25, 0.3) is 0 Å². The first-order valence-electron chi connectivity index (χ1n) is 4.50. The molecule has 0 radical (unpaired) electrons. The van der Waals surface area contributed by atoms with Gasteiger partial charge in [-0.1, -0.05) is 24.3 Å². The van der Waals surface area contributed by atoms with Crippen molar-refractivity contribution in [3.63, 3.8) is 0 Å². The zero-order chi connectivity index (χ0) is 11.0. The van der Waals surface area contributed by atoms with E-state index < -0.39 is 6.29 Å². The monoisotopic (exact) mass is 214 g/mol. The highest BCUT2D eigenvalue weighted by atomic mass is 32.1. The van der Waals surface area contributed by atoms with Crippen LogP contribution in [0.5, 0.6) is 0 Å². The molecule has 0 aromatic heterocycles. The van der Waals surface area contributed by atoms with Crippen molar-refractivity contribution in [3.05, 3.63) is 36.5 Å². The summed E-state index contributed by atoms with van der Waals surface area (Å²) in [7, 11) is 1.48. The minimum Gasteiger partial charge on any atom is -0.364 e. The third-order valence-corrected chi connectivity index (χ3v) is 2.19. The lowest BCUT2D eigenvalue weighted by atomic mass is 10.0. The van der Waals surface area contributed by atoms with E-state index in [9.17, 15) is 5.11 Å². The Kier molecular flexibility index (Phi) is 7.57. The Morgan fingerprint density at radius 1 is 1.79 bits per heavy atom. The zero-order valence-electron chi connectivity index (χ0n) is 8.68. The molecule has 0 aliphatic heterocycles. The van der Waals surface area contributed by atoms with E-state index in [4.69, 9.17) is 4.74 Å². The van der Waals surface area contributed by atoms with E-state index in [0.717, 1.165) is 12.0 Å². The van der Waals surface area contributed by atoms with Crippen LogP contribution in [0.2, 0.25) is 0 Å². The minimum atomic E-state index is -0.803. The molecule has 0 saturated heterocycles. The van der Waals surface area contributed by atoms with Crippen molar-refractivity contribution in [1.82, 2.24) is 0 Å². The fraction of sp³-hybridized carbons (Fsp3) is 0.455. The predicted molar refractivity (Wildman–Crippen MR) is 63.5 cm³/mol. The molecule has 0 bridgehead atoms. The smallest absolute Gasteiger partial charge is 0.178 e. The molecule has 0 amide bonds. The first kappa shape index (κ1) is 13.5. The molecular formula is C11H18O2S. The Bertz CT molecular complexity index is 221. The van der Waals surface area contributed by atoms with Gasteiger partial charge in [0.05, 0.1) is 0 Å². The molecule has 0 aromatic carbocycles. The quantitative estimate of drug-likeness (QED) is 0.420. The standard InChI is InChI=1S/C8H12O2S.C3H6/c1-10-8(9)6-4-2-3-5-7(6)11;1-3-2/h2-4,7-9,11H,5H2,1H3;3H,1H2,2H3/t7-,8?;/m0./s1. The summed E-state index contributed by atoms with van der Waals surface area (Å²) in [6.45, 7) is 5.25. The number of hydrogen-bond acceptors (Lipinski definition) is 3. The van der Waals surface area contributed by atoms with Crippen LogP contribution >= 0.6 is 12.6 Å². The molecule has 0 saturated carbocycles. The van der Waals surface area contributed by atoms with Gasteiger partial charge in [0.15, 0.2) is 6.29 Å². The van der Waals surface area contributed by atoms with Crippen LogP contribution in [-0.2, 0) is 4.74 Å². The van der Waals surface area contributed by atoms with Crippen LogP contribution in [0.4, 0.5) is 0 Å². The average molecular weight is 214 g/mol. The molecule has 1 rings (SSSR count). The number of ether oxygens (including phenoxy) is 1. The molecule has 1 aliphatic rings. The fourth-order valence-electron chi connectivity index (χ4n) is 1.02. The molecule has 2 nitrogen and oxygen atoms in total. The Labute approximate surface area is 91.4 Å². The normalized spacial score (nSPS) is 21.7. The van der Waals surface area contributed by atoms with Crippen LogP contribution in [0, 0.1) is 0 Å². The summed E-state index contributed by atoms with van der Waals surface area (Å²) in [6, 6.07) is 0. The summed E-state index contributed by atoms with van der Waals surface area (Å²) >= 11 is 4.29. The summed E-state index contributed by atoms with van der Waals surface area (Å²) in [6.07, 6.45) is 7.57. The molecule has 0 heterocycles. The van der Waals surface area contributed by atoms with Crippen LogP contribution in [0.1, 0.15) is 13.3 Å². The van der Waals surface area contributed by atoms with Gasteiger partial charge in [-0.25, -0.2) is 0 Å². The molecule has 1 aliphatic carbocycles. The molecule has 80 valence electrons. The average Bonchev–Trinajstić information content (AvgIpc) is 2.19. The van der Waals surface area contributed by atoms with Gasteiger partial charge in [-0.2, -0.15) is 12.6 Å². The number of aliphatic hydroxyl groups is 1. The second-order valence-corrected chi connectivity index (χ2v) is 3.47. The number of thiol groups is 1. The van der Waals surface area contributed by atoms with Gasteiger partial charge < -0.3 is 9.84 Å². The maximum absolute atomic E-state index is 9.28. The summed E-state index contributed by atoms with van der Waals surface area (Å²) < 4.78 is 4.76. The molecule has 1 N–H and O–H groups in total. The topological polar surface area (TPSA) is 29.5 Å². The van der Waals surface area contributed by atoms with E-state index in [2.05, 4.69) is 19.2 Å². The Balaban J connectivity index is 0.000000500. The summed E-state index contributed by atoms with van der Waals surface area (Å²) in [5.74, 6) is 0. The number of hydrogen-bond donors (Lipinski definition) is 2. The maximum Gasteiger partial charge on any atom is 0.178 e. The van der Waals surface area contributed by atoms with Gasteiger partial charge >= 0.3 is 0 Å². The molecule has 1 unspecified atom stereocenters. The summed E-state index contributed by atoms with van der Waals surface area (Å²) in [5, 5.41) is 9.37. The van der Waals surface area contributed by atoms with Crippen molar-refractivity contribution < 1.29 is 9.84 Å². The van der Waals surface area contributed by atoms with Gasteiger partial charge in [-0.3, -0.25) is 0 Å². The van der Waals surface area contributed by atoms with E-state index in [1.165, 1.54) is 7.11 Å². The number of aliphatic hydroxyl groups excluding tert-OH is 1. The molecular weight excluding hydrogens is 196 g/mol. The SMILES string of the molecule is C=CC.COC(O)C1=CC=CC[C@@H]1S. The molecule has 0 spiro atoms. The third kappa shape index (κ3) is 4.65. The number of rotatable bonds is 2. The number of methoxy groups -OCH3 is 1. The highest BCUT2D eigenvalue weighted by Gasteiger charge is 2.17. The lowest BCUT2D eigenvalue weighted by molar-refractivity contribution is -0.0461.